The Labute approximate surface area is 181 Å². The van der Waals surface area contributed by atoms with Gasteiger partial charge in [-0.15, -0.1) is 0 Å². The third-order valence-electron chi connectivity index (χ3n) is 5.65. The molecule has 0 bridgehead atoms. The van der Waals surface area contributed by atoms with Crippen LogP contribution in [0.15, 0.2) is 47.5 Å². The van der Waals surface area contributed by atoms with Crippen molar-refractivity contribution in [1.29, 1.82) is 0 Å². The first-order valence-electron chi connectivity index (χ1n) is 10.4. The number of hydrogen-bond donors (Lipinski definition) is 1. The Morgan fingerprint density at radius 3 is 2.71 bits per heavy atom. The van der Waals surface area contributed by atoms with Gasteiger partial charge in [-0.2, -0.15) is 8.78 Å². The number of nitrogens with one attached hydrogen (secondary N) is 1. The summed E-state index contributed by atoms with van der Waals surface area (Å²) in [7, 11) is 6.00. The summed E-state index contributed by atoms with van der Waals surface area (Å²) in [5, 5.41) is 2.79. The van der Waals surface area contributed by atoms with Crippen LogP contribution in [0.2, 0.25) is 0 Å². The van der Waals surface area contributed by atoms with Gasteiger partial charge in [0.05, 0.1) is 6.10 Å². The summed E-state index contributed by atoms with van der Waals surface area (Å²) >= 11 is 0. The van der Waals surface area contributed by atoms with Crippen molar-refractivity contribution >= 4 is 30.6 Å². The average Bonchev–Trinajstić information content (AvgIpc) is 2.95. The maximum atomic E-state index is 13.1. The fourth-order valence-electron chi connectivity index (χ4n) is 4.12. The summed E-state index contributed by atoms with van der Waals surface area (Å²) in [5.41, 5.74) is 3.05. The number of alkyl halides is 2. The molecule has 5 nitrogen and oxygen atoms in total. The molecular weight excluding hydrogens is 401 g/mol. The second-order valence-corrected chi connectivity index (χ2v) is 7.83. The minimum absolute atomic E-state index is 0.0215. The van der Waals surface area contributed by atoms with Crippen molar-refractivity contribution in [2.45, 2.75) is 38.4 Å². The predicted octanol–water partition coefficient (Wildman–Crippen LogP) is 3.25. The Bertz CT molecular complexity index is 960. The van der Waals surface area contributed by atoms with Gasteiger partial charge in [-0.25, -0.2) is 0 Å². The number of hydrogen-bond acceptors (Lipinski definition) is 4. The highest BCUT2D eigenvalue weighted by Gasteiger charge is 2.30. The van der Waals surface area contributed by atoms with E-state index >= 15 is 0 Å². The van der Waals surface area contributed by atoms with Crippen molar-refractivity contribution in [3.05, 3.63) is 53.6 Å². The second-order valence-electron chi connectivity index (χ2n) is 7.83. The quantitative estimate of drug-likeness (QED) is 0.750. The Balaban J connectivity index is 1.56. The smallest absolute Gasteiger partial charge is 0.387 e. The van der Waals surface area contributed by atoms with Crippen molar-refractivity contribution in [2.24, 2.45) is 10.9 Å². The van der Waals surface area contributed by atoms with E-state index in [1.165, 1.54) is 24.3 Å². The molecule has 2 unspecified atom stereocenters. The molecule has 0 aliphatic carbocycles. The molecule has 2 radical (unpaired) electrons. The SMILES string of the molecule is [B]c1ccc2c(c1)C(C(=O)Nc1ccc(OC(F)F)cc1)=NCC(C1CCCCO1)C2. The molecule has 2 aliphatic rings. The van der Waals surface area contributed by atoms with Crippen molar-refractivity contribution in [1.82, 2.24) is 0 Å². The highest BCUT2D eigenvalue weighted by Crippen LogP contribution is 2.28. The Morgan fingerprint density at radius 2 is 2.00 bits per heavy atom. The van der Waals surface area contributed by atoms with Crippen LogP contribution >= 0.6 is 0 Å². The Morgan fingerprint density at radius 1 is 1.19 bits per heavy atom. The summed E-state index contributed by atoms with van der Waals surface area (Å²) in [6.45, 7) is -1.65. The Hall–Kier alpha value is -2.74. The summed E-state index contributed by atoms with van der Waals surface area (Å²) < 4.78 is 35.0. The van der Waals surface area contributed by atoms with E-state index < -0.39 is 6.61 Å². The van der Waals surface area contributed by atoms with Crippen molar-refractivity contribution in [2.75, 3.05) is 18.5 Å². The molecule has 1 amide bonds. The number of anilines is 1. The molecule has 1 saturated heterocycles. The van der Waals surface area contributed by atoms with Crippen LogP contribution in [-0.4, -0.2) is 45.3 Å². The third-order valence-corrected chi connectivity index (χ3v) is 5.65. The van der Waals surface area contributed by atoms with Crippen LogP contribution < -0.4 is 15.5 Å². The van der Waals surface area contributed by atoms with Crippen molar-refractivity contribution in [3.8, 4) is 5.75 Å². The van der Waals surface area contributed by atoms with Crippen molar-refractivity contribution < 1.29 is 23.0 Å². The largest absolute Gasteiger partial charge is 0.435 e. The van der Waals surface area contributed by atoms with Crippen LogP contribution in [0.3, 0.4) is 0 Å². The van der Waals surface area contributed by atoms with Gasteiger partial charge in [0, 0.05) is 30.3 Å². The number of ether oxygens (including phenoxy) is 2. The third kappa shape index (κ3) is 5.31. The molecule has 2 aromatic carbocycles. The van der Waals surface area contributed by atoms with Gasteiger partial charge in [0.25, 0.3) is 5.91 Å². The van der Waals surface area contributed by atoms with Crippen LogP contribution in [0, 0.1) is 5.92 Å². The molecule has 2 aliphatic heterocycles. The molecular formula is C23H23BF2N2O3. The summed E-state index contributed by atoms with van der Waals surface area (Å²) in [5.74, 6) is -0.161. The number of halogens is 2. The number of aliphatic imine (C=N–C) groups is 1. The van der Waals surface area contributed by atoms with Crippen LogP contribution in [0.1, 0.15) is 30.4 Å². The van der Waals surface area contributed by atoms with E-state index in [0.717, 1.165) is 37.9 Å². The topological polar surface area (TPSA) is 59.9 Å². The van der Waals surface area contributed by atoms with E-state index in [0.29, 0.717) is 29.0 Å². The average molecular weight is 424 g/mol. The zero-order valence-corrected chi connectivity index (χ0v) is 17.0. The lowest BCUT2D eigenvalue weighted by Gasteiger charge is -2.29. The van der Waals surface area contributed by atoms with Gasteiger partial charge in [-0.1, -0.05) is 23.7 Å². The normalized spacial score (nSPS) is 21.1. The number of nitrogens with zero attached hydrogens (tertiary/aromatic N) is 1. The van der Waals surface area contributed by atoms with Crippen LogP contribution in [-0.2, 0) is 16.0 Å². The first-order chi connectivity index (χ1) is 15.0. The van der Waals surface area contributed by atoms with E-state index in [-0.39, 0.29) is 23.7 Å². The minimum atomic E-state index is -2.90. The number of amides is 1. The number of rotatable bonds is 5. The lowest BCUT2D eigenvalue weighted by Crippen LogP contribution is -2.31. The molecule has 1 N–H and O–H groups in total. The molecule has 2 aromatic rings. The predicted molar refractivity (Wildman–Crippen MR) is 116 cm³/mol. The molecule has 0 saturated carbocycles. The van der Waals surface area contributed by atoms with E-state index in [1.807, 2.05) is 12.1 Å². The zero-order chi connectivity index (χ0) is 21.8. The minimum Gasteiger partial charge on any atom is -0.435 e. The zero-order valence-electron chi connectivity index (χ0n) is 17.0. The molecule has 31 heavy (non-hydrogen) atoms. The number of carbonyl (C=O) groups is 1. The van der Waals surface area contributed by atoms with Gasteiger partial charge >= 0.3 is 6.61 Å². The first-order valence-corrected chi connectivity index (χ1v) is 10.4. The van der Waals surface area contributed by atoms with Gasteiger partial charge in [-0.3, -0.25) is 9.79 Å². The first kappa shape index (κ1) is 21.5. The van der Waals surface area contributed by atoms with E-state index in [1.54, 1.807) is 6.07 Å². The van der Waals surface area contributed by atoms with E-state index in [9.17, 15) is 13.6 Å². The lowest BCUT2D eigenvalue weighted by molar-refractivity contribution is -0.110. The molecule has 1 fully saturated rings. The Kier molecular flexibility index (Phi) is 6.66. The summed E-state index contributed by atoms with van der Waals surface area (Å²) in [6.07, 6.45) is 4.11. The molecule has 4 rings (SSSR count). The molecule has 2 atom stereocenters. The van der Waals surface area contributed by atoms with Crippen LogP contribution in [0.5, 0.6) is 5.75 Å². The molecule has 0 aromatic heterocycles. The highest BCUT2D eigenvalue weighted by molar-refractivity contribution is 6.49. The fourth-order valence-corrected chi connectivity index (χ4v) is 4.12. The van der Waals surface area contributed by atoms with Gasteiger partial charge in [0.2, 0.25) is 0 Å². The number of carbonyl (C=O) groups excluding carboxylic acids is 1. The molecule has 160 valence electrons. The van der Waals surface area contributed by atoms with Crippen molar-refractivity contribution in [3.63, 3.8) is 0 Å². The summed E-state index contributed by atoms with van der Waals surface area (Å²) in [4.78, 5) is 17.7. The van der Waals surface area contributed by atoms with Gasteiger partial charge in [-0.05, 0) is 55.5 Å². The number of fused-ring (bicyclic) bond motifs is 1. The molecule has 0 spiro atoms. The fraction of sp³-hybridized carbons (Fsp3) is 0.391. The van der Waals surface area contributed by atoms with Gasteiger partial charge < -0.3 is 14.8 Å². The lowest BCUT2D eigenvalue weighted by atomic mass is 9.85. The molecule has 8 heteroatoms. The van der Waals surface area contributed by atoms with Crippen LogP contribution in [0.25, 0.3) is 0 Å². The highest BCUT2D eigenvalue weighted by atomic mass is 19.3. The monoisotopic (exact) mass is 424 g/mol. The second kappa shape index (κ2) is 9.60. The maximum Gasteiger partial charge on any atom is 0.387 e. The van der Waals surface area contributed by atoms with Gasteiger partial charge in [0.15, 0.2) is 0 Å². The van der Waals surface area contributed by atoms with Gasteiger partial charge in [0.1, 0.15) is 19.3 Å². The number of benzene rings is 2. The summed E-state index contributed by atoms with van der Waals surface area (Å²) in [6, 6.07) is 11.3. The maximum absolute atomic E-state index is 13.1. The molecule has 2 heterocycles. The van der Waals surface area contributed by atoms with E-state index in [2.05, 4.69) is 15.0 Å². The van der Waals surface area contributed by atoms with Crippen LogP contribution in [0.4, 0.5) is 14.5 Å². The van der Waals surface area contributed by atoms with E-state index in [4.69, 9.17) is 12.6 Å². The standard InChI is InChI=1S/C23H23BF2N2O3/c24-16-5-4-14-11-15(20-3-1-2-10-30-20)13-27-21(19(14)12-16)22(29)28-17-6-8-18(9-7-17)31-23(25)26/h4-9,12,15,20,23H,1-3,10-11,13H2,(H,28,29).